The molecule has 0 aromatic rings. The molecule has 1 amide bonds. The number of nitrogens with zero attached hydrogens (tertiary/aromatic N) is 2. The van der Waals surface area contributed by atoms with Crippen molar-refractivity contribution in [2.45, 2.75) is 51.0 Å². The van der Waals surface area contributed by atoms with Crippen molar-refractivity contribution in [1.29, 1.82) is 0 Å². The molecule has 0 radical (unpaired) electrons. The molecule has 1 unspecified atom stereocenters. The lowest BCUT2D eigenvalue weighted by atomic mass is 9.79. The topological polar surface area (TPSA) is 77.0 Å². The first-order valence-corrected chi connectivity index (χ1v) is 8.57. The molecule has 1 saturated carbocycles. The monoisotopic (exact) mass is 436 g/mol. The molecule has 3 fully saturated rings. The summed E-state index contributed by atoms with van der Waals surface area (Å²) in [6, 6.07) is 0. The van der Waals surface area contributed by atoms with Crippen molar-refractivity contribution in [2.75, 3.05) is 32.7 Å². The fourth-order valence-corrected chi connectivity index (χ4v) is 3.82. The van der Waals surface area contributed by atoms with Crippen molar-refractivity contribution in [1.82, 2.24) is 15.5 Å². The Morgan fingerprint density at radius 3 is 2.74 bits per heavy atom. The second-order valence-corrected chi connectivity index (χ2v) is 7.23. The second-order valence-electron chi connectivity index (χ2n) is 7.23. The first-order valence-electron chi connectivity index (χ1n) is 8.57. The van der Waals surface area contributed by atoms with E-state index in [9.17, 15) is 9.90 Å². The lowest BCUT2D eigenvalue weighted by molar-refractivity contribution is -0.119. The molecule has 0 bridgehead atoms. The van der Waals surface area contributed by atoms with Crippen LogP contribution >= 0.6 is 24.0 Å². The molecule has 1 aliphatic carbocycles. The zero-order valence-corrected chi connectivity index (χ0v) is 16.3. The molecule has 1 atom stereocenters. The highest BCUT2D eigenvalue weighted by Crippen LogP contribution is 2.36. The summed E-state index contributed by atoms with van der Waals surface area (Å²) in [5.74, 6) is 1.06. The SMILES string of the molecule is CCNC(=NCC1(O)CCC1)N1CCCC2(CNC(=O)C2)C1.I. The molecule has 2 aliphatic heterocycles. The van der Waals surface area contributed by atoms with Crippen LogP contribution in [0, 0.1) is 5.41 Å². The number of aliphatic hydroxyl groups is 1. The van der Waals surface area contributed by atoms with E-state index in [0.717, 1.165) is 64.2 Å². The van der Waals surface area contributed by atoms with E-state index in [-0.39, 0.29) is 35.3 Å². The predicted octanol–water partition coefficient (Wildman–Crippen LogP) is 1.09. The summed E-state index contributed by atoms with van der Waals surface area (Å²) in [5, 5.41) is 16.6. The maximum absolute atomic E-state index is 11.6. The Balaban J connectivity index is 0.00000192. The quantitative estimate of drug-likeness (QED) is 0.352. The number of carbonyl (C=O) groups is 1. The highest BCUT2D eigenvalue weighted by molar-refractivity contribution is 14.0. The van der Waals surface area contributed by atoms with Crippen molar-refractivity contribution < 1.29 is 9.90 Å². The first-order chi connectivity index (χ1) is 10.5. The minimum Gasteiger partial charge on any atom is -0.388 e. The Labute approximate surface area is 155 Å². The zero-order valence-electron chi connectivity index (χ0n) is 13.9. The van der Waals surface area contributed by atoms with E-state index in [0.29, 0.717) is 13.0 Å². The van der Waals surface area contributed by atoms with Crippen molar-refractivity contribution in [2.24, 2.45) is 10.4 Å². The number of rotatable bonds is 3. The molecule has 6 nitrogen and oxygen atoms in total. The van der Waals surface area contributed by atoms with Gasteiger partial charge in [0.2, 0.25) is 5.91 Å². The smallest absolute Gasteiger partial charge is 0.220 e. The lowest BCUT2D eigenvalue weighted by Crippen LogP contribution is -2.52. The molecule has 1 spiro atoms. The summed E-state index contributed by atoms with van der Waals surface area (Å²) >= 11 is 0. The number of carbonyl (C=O) groups excluding carboxylic acids is 1. The molecule has 7 heteroatoms. The van der Waals surface area contributed by atoms with Crippen LogP contribution in [0.3, 0.4) is 0 Å². The van der Waals surface area contributed by atoms with Gasteiger partial charge in [-0.15, -0.1) is 24.0 Å². The minimum atomic E-state index is -0.584. The summed E-state index contributed by atoms with van der Waals surface area (Å²) in [4.78, 5) is 18.6. The van der Waals surface area contributed by atoms with Gasteiger partial charge in [-0.1, -0.05) is 0 Å². The van der Waals surface area contributed by atoms with Crippen LogP contribution < -0.4 is 10.6 Å². The van der Waals surface area contributed by atoms with Gasteiger partial charge >= 0.3 is 0 Å². The third kappa shape index (κ3) is 4.29. The summed E-state index contributed by atoms with van der Waals surface area (Å²) in [6.07, 6.45) is 5.64. The van der Waals surface area contributed by atoms with E-state index < -0.39 is 5.60 Å². The molecule has 0 aromatic heterocycles. The van der Waals surface area contributed by atoms with Crippen LogP contribution in [0.2, 0.25) is 0 Å². The number of nitrogens with one attached hydrogen (secondary N) is 2. The summed E-state index contributed by atoms with van der Waals surface area (Å²) in [7, 11) is 0. The predicted molar refractivity (Wildman–Crippen MR) is 101 cm³/mol. The number of hydrogen-bond donors (Lipinski definition) is 3. The van der Waals surface area contributed by atoms with Gasteiger partial charge in [0.15, 0.2) is 5.96 Å². The summed E-state index contributed by atoms with van der Waals surface area (Å²) in [5.41, 5.74) is -0.516. The minimum absolute atomic E-state index is 0. The van der Waals surface area contributed by atoms with Crippen LogP contribution in [-0.4, -0.2) is 60.2 Å². The average Bonchev–Trinajstić information content (AvgIpc) is 2.82. The maximum Gasteiger partial charge on any atom is 0.220 e. The van der Waals surface area contributed by atoms with E-state index in [4.69, 9.17) is 0 Å². The number of halogens is 1. The van der Waals surface area contributed by atoms with E-state index in [2.05, 4.69) is 27.4 Å². The first kappa shape index (κ1) is 18.8. The normalized spacial score (nSPS) is 29.7. The van der Waals surface area contributed by atoms with Gasteiger partial charge in [-0.25, -0.2) is 0 Å². The number of amides is 1. The number of hydrogen-bond acceptors (Lipinski definition) is 3. The van der Waals surface area contributed by atoms with Gasteiger partial charge in [-0.3, -0.25) is 9.79 Å². The summed E-state index contributed by atoms with van der Waals surface area (Å²) in [6.45, 7) is 5.99. The van der Waals surface area contributed by atoms with Gasteiger partial charge < -0.3 is 20.6 Å². The van der Waals surface area contributed by atoms with Crippen LogP contribution in [0.1, 0.15) is 45.4 Å². The number of aliphatic imine (C=N–C) groups is 1. The van der Waals surface area contributed by atoms with E-state index >= 15 is 0 Å². The molecule has 3 N–H and O–H groups in total. The van der Waals surface area contributed by atoms with Gasteiger partial charge in [-0.05, 0) is 39.0 Å². The van der Waals surface area contributed by atoms with Crippen molar-refractivity contribution in [3.63, 3.8) is 0 Å². The van der Waals surface area contributed by atoms with Crippen molar-refractivity contribution >= 4 is 35.8 Å². The molecule has 23 heavy (non-hydrogen) atoms. The lowest BCUT2D eigenvalue weighted by Gasteiger charge is -2.41. The highest BCUT2D eigenvalue weighted by Gasteiger charge is 2.42. The fourth-order valence-electron chi connectivity index (χ4n) is 3.82. The van der Waals surface area contributed by atoms with Crippen LogP contribution in [0.4, 0.5) is 0 Å². The van der Waals surface area contributed by atoms with Gasteiger partial charge in [0.05, 0.1) is 12.1 Å². The van der Waals surface area contributed by atoms with Gasteiger partial charge in [-0.2, -0.15) is 0 Å². The van der Waals surface area contributed by atoms with Gasteiger partial charge in [0, 0.05) is 38.0 Å². The van der Waals surface area contributed by atoms with E-state index in [1.54, 1.807) is 0 Å². The van der Waals surface area contributed by atoms with Crippen LogP contribution in [0.25, 0.3) is 0 Å². The van der Waals surface area contributed by atoms with E-state index in [1.165, 1.54) is 0 Å². The third-order valence-corrected chi connectivity index (χ3v) is 5.30. The Morgan fingerprint density at radius 2 is 2.17 bits per heavy atom. The number of guanidine groups is 1. The molecule has 132 valence electrons. The Kier molecular flexibility index (Phi) is 6.16. The fraction of sp³-hybridized carbons (Fsp3) is 0.875. The van der Waals surface area contributed by atoms with Crippen LogP contribution in [-0.2, 0) is 4.79 Å². The molecule has 2 saturated heterocycles. The number of likely N-dealkylation sites (tertiary alicyclic amines) is 1. The highest BCUT2D eigenvalue weighted by atomic mass is 127. The van der Waals surface area contributed by atoms with Crippen LogP contribution in [0.5, 0.6) is 0 Å². The molecule has 3 rings (SSSR count). The van der Waals surface area contributed by atoms with Crippen molar-refractivity contribution in [3.05, 3.63) is 0 Å². The average molecular weight is 436 g/mol. The number of piperidine rings is 1. The molecular weight excluding hydrogens is 407 g/mol. The maximum atomic E-state index is 11.6. The Bertz CT molecular complexity index is 467. The standard InChI is InChI=1S/C16H28N4O2.HI/c1-2-17-14(19-11-16(22)6-3-7-16)20-8-4-5-15(12-20)9-13(21)18-10-15;/h22H,2-12H2,1H3,(H,17,19)(H,18,21);1H. The van der Waals surface area contributed by atoms with Gasteiger partial charge in [0.25, 0.3) is 0 Å². The molecule has 2 heterocycles. The zero-order chi connectivity index (χ0) is 15.6. The second kappa shape index (κ2) is 7.55. The van der Waals surface area contributed by atoms with E-state index in [1.807, 2.05) is 0 Å². The summed E-state index contributed by atoms with van der Waals surface area (Å²) < 4.78 is 0. The molecular formula is C16H29IN4O2. The third-order valence-electron chi connectivity index (χ3n) is 5.30. The van der Waals surface area contributed by atoms with Gasteiger partial charge in [0.1, 0.15) is 0 Å². The largest absolute Gasteiger partial charge is 0.388 e. The Hall–Kier alpha value is -0.570. The van der Waals surface area contributed by atoms with Crippen LogP contribution in [0.15, 0.2) is 4.99 Å². The Morgan fingerprint density at radius 1 is 1.39 bits per heavy atom. The molecule has 3 aliphatic rings. The van der Waals surface area contributed by atoms with Crippen molar-refractivity contribution in [3.8, 4) is 0 Å². The molecule has 0 aromatic carbocycles.